The van der Waals surface area contributed by atoms with Gasteiger partial charge in [-0.05, 0) is 54.2 Å². The van der Waals surface area contributed by atoms with Crippen LogP contribution in [0.1, 0.15) is 55.2 Å². The molecule has 4 nitrogen and oxygen atoms in total. The fraction of sp³-hybridized carbons (Fsp3) is 0.714. The molecule has 2 N–H and O–H groups in total. The molecule has 1 heterocycles. The highest BCUT2D eigenvalue weighted by atomic mass is 16.7. The lowest BCUT2D eigenvalue weighted by Crippen LogP contribution is -2.55. The van der Waals surface area contributed by atoms with E-state index in [9.17, 15) is 10.2 Å². The summed E-state index contributed by atoms with van der Waals surface area (Å²) < 4.78 is 12.3. The molecule has 5 atom stereocenters. The normalized spacial score (nSPS) is 41.4. The average molecular weight is 344 g/mol. The highest BCUT2D eigenvalue weighted by molar-refractivity contribution is 5.39. The minimum absolute atomic E-state index is 0.0851. The lowest BCUT2D eigenvalue weighted by molar-refractivity contribution is -0.246. The maximum atomic E-state index is 11.2. The van der Waals surface area contributed by atoms with Crippen LogP contribution in [0.25, 0.3) is 0 Å². The Morgan fingerprint density at radius 3 is 2.76 bits per heavy atom. The number of hydrogen-bond donors (Lipinski definition) is 2. The van der Waals surface area contributed by atoms with E-state index in [2.05, 4.69) is 19.1 Å². The Balaban J connectivity index is 1.53. The molecule has 0 bridgehead atoms. The molecule has 1 aliphatic heterocycles. The molecule has 1 spiro atoms. The zero-order valence-corrected chi connectivity index (χ0v) is 14.9. The monoisotopic (exact) mass is 344 g/mol. The van der Waals surface area contributed by atoms with Gasteiger partial charge in [0.05, 0.1) is 25.9 Å². The molecule has 3 aliphatic carbocycles. The van der Waals surface area contributed by atoms with Crippen LogP contribution >= 0.6 is 0 Å². The van der Waals surface area contributed by atoms with Crippen molar-refractivity contribution in [1.29, 1.82) is 0 Å². The van der Waals surface area contributed by atoms with Crippen LogP contribution in [0.2, 0.25) is 0 Å². The van der Waals surface area contributed by atoms with E-state index in [0.717, 1.165) is 37.7 Å². The second-order valence-corrected chi connectivity index (χ2v) is 8.70. The third kappa shape index (κ3) is 2.08. The van der Waals surface area contributed by atoms with Crippen molar-refractivity contribution in [2.75, 3.05) is 13.2 Å². The van der Waals surface area contributed by atoms with Gasteiger partial charge in [-0.3, -0.25) is 0 Å². The van der Waals surface area contributed by atoms with Crippen molar-refractivity contribution in [2.45, 2.75) is 63.4 Å². The van der Waals surface area contributed by atoms with Gasteiger partial charge in [0.1, 0.15) is 0 Å². The summed E-state index contributed by atoms with van der Waals surface area (Å²) in [6, 6.07) is 6.29. The van der Waals surface area contributed by atoms with E-state index in [4.69, 9.17) is 9.47 Å². The van der Waals surface area contributed by atoms with Gasteiger partial charge in [0.25, 0.3) is 0 Å². The van der Waals surface area contributed by atoms with E-state index >= 15 is 0 Å². The Hall–Kier alpha value is -0.940. The second-order valence-electron chi connectivity index (χ2n) is 8.70. The first-order valence-corrected chi connectivity index (χ1v) is 9.76. The molecule has 1 aromatic rings. The Morgan fingerprint density at radius 1 is 1.20 bits per heavy atom. The van der Waals surface area contributed by atoms with E-state index in [1.165, 1.54) is 11.1 Å². The van der Waals surface area contributed by atoms with Gasteiger partial charge in [0.2, 0.25) is 0 Å². The molecule has 3 fully saturated rings. The molecule has 1 aromatic carbocycles. The van der Waals surface area contributed by atoms with Crippen LogP contribution in [0, 0.1) is 17.3 Å². The Bertz CT molecular complexity index is 680. The van der Waals surface area contributed by atoms with Crippen LogP contribution in [0.5, 0.6) is 0 Å². The van der Waals surface area contributed by atoms with E-state index < -0.39 is 5.79 Å². The minimum atomic E-state index is -0.468. The topological polar surface area (TPSA) is 58.9 Å². The molecule has 4 aliphatic rings. The van der Waals surface area contributed by atoms with Gasteiger partial charge >= 0.3 is 0 Å². The van der Waals surface area contributed by atoms with E-state index in [1.807, 2.05) is 6.07 Å². The van der Waals surface area contributed by atoms with E-state index in [-0.39, 0.29) is 24.0 Å². The van der Waals surface area contributed by atoms with Gasteiger partial charge < -0.3 is 19.7 Å². The summed E-state index contributed by atoms with van der Waals surface area (Å²) >= 11 is 0. The molecule has 2 saturated carbocycles. The van der Waals surface area contributed by atoms with E-state index in [1.54, 1.807) is 0 Å². The molecule has 5 rings (SSSR count). The highest BCUT2D eigenvalue weighted by Gasteiger charge is 2.66. The maximum absolute atomic E-state index is 11.2. The zero-order chi connectivity index (χ0) is 17.2. The first kappa shape index (κ1) is 16.2. The zero-order valence-electron chi connectivity index (χ0n) is 14.9. The lowest BCUT2D eigenvalue weighted by Gasteiger charge is -2.54. The molecule has 1 saturated heterocycles. The van der Waals surface area contributed by atoms with Crippen molar-refractivity contribution in [1.82, 2.24) is 0 Å². The molecule has 0 aromatic heterocycles. The third-order valence-electron chi connectivity index (χ3n) is 7.75. The molecular weight excluding hydrogens is 316 g/mol. The smallest absolute Gasteiger partial charge is 0.174 e. The standard InChI is InChI=1S/C21H28O4/c1-20-11-18(23)19-15-4-2-13(12-22)10-14(15)3-5-16(19)17(20)6-7-21(20)24-8-9-25-21/h2,4,10,16-19,22-23H,3,5-9,11-12H2,1H3/t16?,17?,18-,19?,20+/m1/s1. The van der Waals surface area contributed by atoms with Crippen LogP contribution in [-0.2, 0) is 22.5 Å². The summed E-state index contributed by atoms with van der Waals surface area (Å²) in [6.07, 6.45) is 4.64. The van der Waals surface area contributed by atoms with E-state index in [0.29, 0.717) is 25.0 Å². The van der Waals surface area contributed by atoms with Crippen LogP contribution in [-0.4, -0.2) is 35.3 Å². The Morgan fingerprint density at radius 2 is 2.00 bits per heavy atom. The van der Waals surface area contributed by atoms with Gasteiger partial charge in [-0.15, -0.1) is 0 Å². The summed E-state index contributed by atoms with van der Waals surface area (Å²) in [6.45, 7) is 3.74. The summed E-state index contributed by atoms with van der Waals surface area (Å²) in [5.74, 6) is 0.786. The minimum Gasteiger partial charge on any atom is -0.392 e. The molecule has 4 heteroatoms. The summed E-state index contributed by atoms with van der Waals surface area (Å²) in [7, 11) is 0. The molecule has 0 amide bonds. The van der Waals surface area contributed by atoms with Gasteiger partial charge in [-0.25, -0.2) is 0 Å². The SMILES string of the molecule is C[C@]12C[C@@H](O)C3c4ccc(CO)cc4CCC3C1CCC21OCCO1. The fourth-order valence-electron chi connectivity index (χ4n) is 6.69. The fourth-order valence-corrected chi connectivity index (χ4v) is 6.69. The predicted molar refractivity (Wildman–Crippen MR) is 93.0 cm³/mol. The summed E-state index contributed by atoms with van der Waals surface area (Å²) in [5.41, 5.74) is 3.50. The summed E-state index contributed by atoms with van der Waals surface area (Å²) in [5, 5.41) is 20.6. The first-order chi connectivity index (χ1) is 12.1. The molecule has 3 unspecified atom stereocenters. The first-order valence-electron chi connectivity index (χ1n) is 9.76. The van der Waals surface area contributed by atoms with Crippen LogP contribution < -0.4 is 0 Å². The van der Waals surface area contributed by atoms with Crippen molar-refractivity contribution >= 4 is 0 Å². The van der Waals surface area contributed by atoms with Gasteiger partial charge in [-0.1, -0.05) is 25.1 Å². The Kier molecular flexibility index (Phi) is 3.59. The number of aryl methyl sites for hydroxylation is 1. The quantitative estimate of drug-likeness (QED) is 0.822. The molecular formula is C21H28O4. The van der Waals surface area contributed by atoms with Crippen molar-refractivity contribution in [3.05, 3.63) is 34.9 Å². The number of ether oxygens (including phenoxy) is 2. The molecule has 25 heavy (non-hydrogen) atoms. The highest BCUT2D eigenvalue weighted by Crippen LogP contribution is 2.66. The van der Waals surface area contributed by atoms with Crippen LogP contribution in [0.4, 0.5) is 0 Å². The van der Waals surface area contributed by atoms with Crippen LogP contribution in [0.15, 0.2) is 18.2 Å². The number of aliphatic hydroxyl groups is 2. The number of benzene rings is 1. The molecule has 0 radical (unpaired) electrons. The van der Waals surface area contributed by atoms with Crippen LogP contribution in [0.3, 0.4) is 0 Å². The largest absolute Gasteiger partial charge is 0.392 e. The number of fused-ring (bicyclic) bond motifs is 6. The van der Waals surface area contributed by atoms with Gasteiger partial charge in [0, 0.05) is 17.8 Å². The average Bonchev–Trinajstić information content (AvgIpc) is 3.20. The van der Waals surface area contributed by atoms with Gasteiger partial charge in [-0.2, -0.15) is 0 Å². The van der Waals surface area contributed by atoms with Crippen molar-refractivity contribution in [2.24, 2.45) is 17.3 Å². The lowest BCUT2D eigenvalue weighted by atomic mass is 9.53. The maximum Gasteiger partial charge on any atom is 0.174 e. The third-order valence-corrected chi connectivity index (χ3v) is 7.75. The van der Waals surface area contributed by atoms with Gasteiger partial charge in [0.15, 0.2) is 5.79 Å². The van der Waals surface area contributed by atoms with Crippen molar-refractivity contribution in [3.8, 4) is 0 Å². The Labute approximate surface area is 149 Å². The number of aliphatic hydroxyl groups excluding tert-OH is 2. The van der Waals surface area contributed by atoms with Crippen molar-refractivity contribution in [3.63, 3.8) is 0 Å². The predicted octanol–water partition coefficient (Wildman–Crippen LogP) is 2.75. The molecule has 136 valence electrons. The summed E-state index contributed by atoms with van der Waals surface area (Å²) in [4.78, 5) is 0. The number of hydrogen-bond acceptors (Lipinski definition) is 4. The van der Waals surface area contributed by atoms with Crippen molar-refractivity contribution < 1.29 is 19.7 Å². The number of rotatable bonds is 1. The second kappa shape index (κ2) is 5.53.